The number of hydrogen-bond acceptors (Lipinski definition) is 2. The van der Waals surface area contributed by atoms with E-state index in [-0.39, 0.29) is 12.1 Å². The van der Waals surface area contributed by atoms with Crippen LogP contribution >= 0.6 is 0 Å². The third-order valence-electron chi connectivity index (χ3n) is 2.49. The maximum absolute atomic E-state index is 13.5. The molecule has 15 heavy (non-hydrogen) atoms. The molecule has 0 saturated carbocycles. The topological polar surface area (TPSA) is 32.3 Å². The van der Waals surface area contributed by atoms with Crippen LogP contribution in [0.15, 0.2) is 6.07 Å². The lowest BCUT2D eigenvalue weighted by atomic mass is 9.99. The van der Waals surface area contributed by atoms with Gasteiger partial charge in [0, 0.05) is 12.1 Å². The molecule has 0 spiro atoms. The van der Waals surface area contributed by atoms with Crippen LogP contribution in [-0.4, -0.2) is 18.7 Å². The van der Waals surface area contributed by atoms with Gasteiger partial charge >= 0.3 is 0 Å². The highest BCUT2D eigenvalue weighted by Gasteiger charge is 2.17. The zero-order chi connectivity index (χ0) is 11.6. The number of rotatable bonds is 3. The highest BCUT2D eigenvalue weighted by Crippen LogP contribution is 2.24. The van der Waals surface area contributed by atoms with E-state index in [1.54, 1.807) is 7.05 Å². The van der Waals surface area contributed by atoms with E-state index in [1.165, 1.54) is 19.9 Å². The first-order valence-corrected chi connectivity index (χ1v) is 4.76. The molecular formula is C11H15F2NO. The molecular weight excluding hydrogens is 200 g/mol. The summed E-state index contributed by atoms with van der Waals surface area (Å²) >= 11 is 0. The van der Waals surface area contributed by atoms with Gasteiger partial charge in [-0.05, 0) is 38.1 Å². The lowest BCUT2D eigenvalue weighted by Gasteiger charge is -2.15. The van der Waals surface area contributed by atoms with Crippen LogP contribution in [-0.2, 0) is 0 Å². The normalized spacial score (nSPS) is 12.9. The maximum Gasteiger partial charge on any atom is 0.132 e. The Morgan fingerprint density at radius 1 is 1.33 bits per heavy atom. The average molecular weight is 215 g/mol. The van der Waals surface area contributed by atoms with Crippen LogP contribution in [0.4, 0.5) is 8.78 Å². The molecule has 84 valence electrons. The lowest BCUT2D eigenvalue weighted by Crippen LogP contribution is -2.18. The molecule has 1 aromatic rings. The van der Waals surface area contributed by atoms with Crippen molar-refractivity contribution < 1.29 is 13.9 Å². The van der Waals surface area contributed by atoms with Crippen LogP contribution in [0.5, 0.6) is 0 Å². The van der Waals surface area contributed by atoms with Gasteiger partial charge in [0.15, 0.2) is 0 Å². The fraction of sp³-hybridized carbons (Fsp3) is 0.455. The first kappa shape index (κ1) is 12.1. The summed E-state index contributed by atoms with van der Waals surface area (Å²) in [6.45, 7) is 3.19. The standard InChI is InChI=1S/C11H15F2NO/c1-6-8(10(15)5-14-3)4-9(12)7(2)11(6)13/h4,10,14-15H,5H2,1-3H3. The monoisotopic (exact) mass is 215 g/mol. The van der Waals surface area contributed by atoms with E-state index in [1.807, 2.05) is 0 Å². The van der Waals surface area contributed by atoms with Crippen LogP contribution in [0.2, 0.25) is 0 Å². The lowest BCUT2D eigenvalue weighted by molar-refractivity contribution is 0.176. The number of aliphatic hydroxyl groups excluding tert-OH is 1. The third-order valence-corrected chi connectivity index (χ3v) is 2.49. The van der Waals surface area contributed by atoms with E-state index < -0.39 is 17.7 Å². The van der Waals surface area contributed by atoms with E-state index in [9.17, 15) is 13.9 Å². The molecule has 4 heteroatoms. The molecule has 0 radical (unpaired) electrons. The number of halogens is 2. The van der Waals surface area contributed by atoms with E-state index in [4.69, 9.17) is 0 Å². The summed E-state index contributed by atoms with van der Waals surface area (Å²) in [5, 5.41) is 12.4. The van der Waals surface area contributed by atoms with Gasteiger partial charge in [-0.2, -0.15) is 0 Å². The molecule has 0 saturated heterocycles. The van der Waals surface area contributed by atoms with Gasteiger partial charge in [0.05, 0.1) is 6.10 Å². The first-order chi connectivity index (χ1) is 6.99. The molecule has 2 N–H and O–H groups in total. The van der Waals surface area contributed by atoms with Gasteiger partial charge in [-0.25, -0.2) is 8.78 Å². The van der Waals surface area contributed by atoms with Crippen LogP contribution in [0.25, 0.3) is 0 Å². The SMILES string of the molecule is CNCC(O)c1cc(F)c(C)c(F)c1C. The number of nitrogens with one attached hydrogen (secondary N) is 1. The number of benzene rings is 1. The molecule has 0 aliphatic heterocycles. The van der Waals surface area contributed by atoms with Crippen molar-refractivity contribution in [1.29, 1.82) is 0 Å². The van der Waals surface area contributed by atoms with Gasteiger partial charge in [0.1, 0.15) is 11.6 Å². The minimum Gasteiger partial charge on any atom is -0.387 e. The Labute approximate surface area is 87.9 Å². The van der Waals surface area contributed by atoms with Gasteiger partial charge < -0.3 is 10.4 Å². The summed E-state index contributed by atoms with van der Waals surface area (Å²) in [5.41, 5.74) is 0.592. The Morgan fingerprint density at radius 3 is 2.47 bits per heavy atom. The maximum atomic E-state index is 13.5. The Bertz CT molecular complexity index is 366. The van der Waals surface area contributed by atoms with Crippen LogP contribution < -0.4 is 5.32 Å². The zero-order valence-corrected chi connectivity index (χ0v) is 9.06. The molecule has 1 rings (SSSR count). The Morgan fingerprint density at radius 2 is 1.93 bits per heavy atom. The van der Waals surface area contributed by atoms with Crippen molar-refractivity contribution in [3.63, 3.8) is 0 Å². The summed E-state index contributed by atoms with van der Waals surface area (Å²) in [7, 11) is 1.67. The van der Waals surface area contributed by atoms with E-state index in [2.05, 4.69) is 5.32 Å². The molecule has 0 aliphatic carbocycles. The summed E-state index contributed by atoms with van der Waals surface area (Å²) < 4.78 is 26.7. The van der Waals surface area contributed by atoms with Gasteiger partial charge in [0.25, 0.3) is 0 Å². The second-order valence-corrected chi connectivity index (χ2v) is 3.59. The molecule has 2 nitrogen and oxygen atoms in total. The molecule has 0 bridgehead atoms. The molecule has 0 aromatic heterocycles. The molecule has 0 fully saturated rings. The Kier molecular flexibility index (Phi) is 3.77. The van der Waals surface area contributed by atoms with Crippen LogP contribution in [0, 0.1) is 25.5 Å². The van der Waals surface area contributed by atoms with Crippen molar-refractivity contribution in [2.45, 2.75) is 20.0 Å². The summed E-state index contributed by atoms with van der Waals surface area (Å²) in [4.78, 5) is 0. The summed E-state index contributed by atoms with van der Waals surface area (Å²) in [6, 6.07) is 1.19. The fourth-order valence-corrected chi connectivity index (χ4v) is 1.52. The second kappa shape index (κ2) is 4.68. The first-order valence-electron chi connectivity index (χ1n) is 4.76. The van der Waals surface area contributed by atoms with E-state index in [0.29, 0.717) is 11.1 Å². The minimum atomic E-state index is -0.889. The van der Waals surface area contributed by atoms with E-state index >= 15 is 0 Å². The largest absolute Gasteiger partial charge is 0.387 e. The zero-order valence-electron chi connectivity index (χ0n) is 9.06. The predicted molar refractivity (Wildman–Crippen MR) is 54.7 cm³/mol. The van der Waals surface area contributed by atoms with Crippen LogP contribution in [0.3, 0.4) is 0 Å². The quantitative estimate of drug-likeness (QED) is 0.806. The fourth-order valence-electron chi connectivity index (χ4n) is 1.52. The number of hydrogen-bond donors (Lipinski definition) is 2. The second-order valence-electron chi connectivity index (χ2n) is 3.59. The third kappa shape index (κ3) is 2.33. The van der Waals surface area contributed by atoms with Crippen molar-refractivity contribution in [3.05, 3.63) is 34.4 Å². The van der Waals surface area contributed by atoms with Gasteiger partial charge in [-0.3, -0.25) is 0 Å². The molecule has 0 amide bonds. The minimum absolute atomic E-state index is 0.00657. The van der Waals surface area contributed by atoms with Gasteiger partial charge in [0.2, 0.25) is 0 Å². The Hall–Kier alpha value is -1.00. The van der Waals surface area contributed by atoms with Crippen molar-refractivity contribution in [2.24, 2.45) is 0 Å². The van der Waals surface area contributed by atoms with Crippen molar-refractivity contribution in [3.8, 4) is 0 Å². The molecule has 1 unspecified atom stereocenters. The smallest absolute Gasteiger partial charge is 0.132 e. The van der Waals surface area contributed by atoms with Gasteiger partial charge in [-0.15, -0.1) is 0 Å². The summed E-state index contributed by atoms with van der Waals surface area (Å²) in [5.74, 6) is -1.21. The average Bonchev–Trinajstić information content (AvgIpc) is 2.20. The molecule has 1 aromatic carbocycles. The van der Waals surface area contributed by atoms with Crippen molar-refractivity contribution in [2.75, 3.05) is 13.6 Å². The highest BCUT2D eigenvalue weighted by atomic mass is 19.1. The molecule has 0 aliphatic rings. The van der Waals surface area contributed by atoms with Crippen molar-refractivity contribution in [1.82, 2.24) is 5.32 Å². The number of aliphatic hydroxyl groups is 1. The number of likely N-dealkylation sites (N-methyl/N-ethyl adjacent to an activating group) is 1. The van der Waals surface area contributed by atoms with Gasteiger partial charge in [-0.1, -0.05) is 0 Å². The Balaban J connectivity index is 3.19. The van der Waals surface area contributed by atoms with Crippen LogP contribution in [0.1, 0.15) is 22.8 Å². The molecule has 0 heterocycles. The van der Waals surface area contributed by atoms with E-state index in [0.717, 1.165) is 0 Å². The predicted octanol–water partition coefficient (Wildman–Crippen LogP) is 1.83. The van der Waals surface area contributed by atoms with Crippen molar-refractivity contribution >= 4 is 0 Å². The summed E-state index contributed by atoms with van der Waals surface area (Å²) in [6.07, 6.45) is -0.889. The highest BCUT2D eigenvalue weighted by molar-refractivity contribution is 5.35. The molecule has 1 atom stereocenters.